The molecule has 182 valence electrons. The van der Waals surface area contributed by atoms with Gasteiger partial charge in [-0.25, -0.2) is 9.37 Å². The number of ether oxygens (including phenoxy) is 1. The monoisotopic (exact) mass is 475 g/mol. The highest BCUT2D eigenvalue weighted by atomic mass is 19.1. The number of aromatic nitrogens is 2. The number of carbonyl (C=O) groups excluding carboxylic acids is 1. The van der Waals surface area contributed by atoms with Crippen molar-refractivity contribution in [3.63, 3.8) is 0 Å². The second-order valence-electron chi connectivity index (χ2n) is 9.08. The van der Waals surface area contributed by atoms with Gasteiger partial charge in [0.05, 0.1) is 31.9 Å². The molecule has 1 aromatic heterocycles. The van der Waals surface area contributed by atoms with Gasteiger partial charge in [0.1, 0.15) is 11.6 Å². The Kier molecular flexibility index (Phi) is 6.90. The smallest absolute Gasteiger partial charge is 0.227 e. The Morgan fingerprint density at radius 1 is 1.00 bits per heavy atom. The van der Waals surface area contributed by atoms with Crippen molar-refractivity contribution in [2.24, 2.45) is 0 Å². The van der Waals surface area contributed by atoms with E-state index >= 15 is 0 Å². The minimum atomic E-state index is -0.298. The zero-order chi connectivity index (χ0) is 24.2. The van der Waals surface area contributed by atoms with Crippen LogP contribution in [0.4, 0.5) is 16.2 Å². The molecule has 0 atom stereocenters. The van der Waals surface area contributed by atoms with Crippen molar-refractivity contribution >= 4 is 17.7 Å². The molecule has 3 heterocycles. The molecule has 5 rings (SSSR count). The number of benzene rings is 2. The molecule has 0 radical (unpaired) electrons. The van der Waals surface area contributed by atoms with Gasteiger partial charge in [-0.05, 0) is 23.3 Å². The number of fused-ring (bicyclic) bond motifs is 1. The van der Waals surface area contributed by atoms with E-state index in [9.17, 15) is 9.18 Å². The summed E-state index contributed by atoms with van der Waals surface area (Å²) in [6, 6.07) is 16.4. The van der Waals surface area contributed by atoms with Crippen LogP contribution in [0.25, 0.3) is 0 Å². The maximum Gasteiger partial charge on any atom is 0.227 e. The molecule has 2 aliphatic rings. The molecular formula is C27H30FN5O2. The van der Waals surface area contributed by atoms with Crippen LogP contribution in [-0.2, 0) is 35.5 Å². The molecule has 35 heavy (non-hydrogen) atoms. The van der Waals surface area contributed by atoms with Crippen LogP contribution >= 0.6 is 0 Å². The second kappa shape index (κ2) is 10.4. The molecule has 0 unspecified atom stereocenters. The fraction of sp³-hybridized carbons (Fsp3) is 0.370. The van der Waals surface area contributed by atoms with Gasteiger partial charge in [-0.2, -0.15) is 4.98 Å². The predicted molar refractivity (Wildman–Crippen MR) is 133 cm³/mol. The fourth-order valence-corrected chi connectivity index (χ4v) is 4.62. The molecule has 7 nitrogen and oxygen atoms in total. The van der Waals surface area contributed by atoms with Crippen LogP contribution in [0.2, 0.25) is 0 Å². The molecule has 1 amide bonds. The summed E-state index contributed by atoms with van der Waals surface area (Å²) < 4.78 is 18.8. The van der Waals surface area contributed by atoms with E-state index in [-0.39, 0.29) is 18.1 Å². The van der Waals surface area contributed by atoms with Crippen LogP contribution in [0.5, 0.6) is 0 Å². The SMILES string of the molecule is CN(Cc1ccccc1)c1nc2c(c(N3CCOCC3)n1)CN(C(=O)Cc1ccc(F)cc1)CC2. The summed E-state index contributed by atoms with van der Waals surface area (Å²) in [7, 11) is 2.01. The second-order valence-corrected chi connectivity index (χ2v) is 9.08. The minimum Gasteiger partial charge on any atom is -0.378 e. The third-order valence-corrected chi connectivity index (χ3v) is 6.56. The van der Waals surface area contributed by atoms with E-state index in [2.05, 4.69) is 21.9 Å². The number of hydrogen-bond acceptors (Lipinski definition) is 6. The highest BCUT2D eigenvalue weighted by molar-refractivity contribution is 5.79. The Balaban J connectivity index is 1.40. The van der Waals surface area contributed by atoms with E-state index in [1.807, 2.05) is 30.1 Å². The van der Waals surface area contributed by atoms with Gasteiger partial charge in [-0.15, -0.1) is 0 Å². The topological polar surface area (TPSA) is 61.8 Å². The third kappa shape index (κ3) is 5.43. The van der Waals surface area contributed by atoms with Crippen molar-refractivity contribution in [3.8, 4) is 0 Å². The summed E-state index contributed by atoms with van der Waals surface area (Å²) in [5, 5.41) is 0. The molecule has 0 N–H and O–H groups in total. The van der Waals surface area contributed by atoms with Crippen molar-refractivity contribution < 1.29 is 13.9 Å². The quantitative estimate of drug-likeness (QED) is 0.546. The van der Waals surface area contributed by atoms with E-state index in [0.29, 0.717) is 45.2 Å². The van der Waals surface area contributed by atoms with E-state index in [4.69, 9.17) is 14.7 Å². The lowest BCUT2D eigenvalue weighted by Crippen LogP contribution is -2.42. The number of morpholine rings is 1. The molecule has 0 saturated carbocycles. The van der Waals surface area contributed by atoms with Gasteiger partial charge in [0, 0.05) is 45.2 Å². The maximum atomic E-state index is 13.3. The van der Waals surface area contributed by atoms with Crippen molar-refractivity contribution in [2.45, 2.75) is 25.9 Å². The summed E-state index contributed by atoms with van der Waals surface area (Å²) in [6.45, 7) is 4.62. The molecule has 0 bridgehead atoms. The molecule has 1 fully saturated rings. The number of anilines is 2. The first kappa shape index (κ1) is 23.2. The Labute approximate surface area is 205 Å². The summed E-state index contributed by atoms with van der Waals surface area (Å²) >= 11 is 0. The summed E-state index contributed by atoms with van der Waals surface area (Å²) in [6.07, 6.45) is 0.928. The van der Waals surface area contributed by atoms with E-state index in [1.165, 1.54) is 17.7 Å². The van der Waals surface area contributed by atoms with Crippen LogP contribution in [0.3, 0.4) is 0 Å². The maximum absolute atomic E-state index is 13.3. The van der Waals surface area contributed by atoms with Gasteiger partial charge in [0.2, 0.25) is 11.9 Å². The highest BCUT2D eigenvalue weighted by Gasteiger charge is 2.29. The van der Waals surface area contributed by atoms with E-state index in [0.717, 1.165) is 35.7 Å². The first-order chi connectivity index (χ1) is 17.1. The largest absolute Gasteiger partial charge is 0.378 e. The summed E-state index contributed by atoms with van der Waals surface area (Å²) in [5.74, 6) is 1.32. The first-order valence-corrected chi connectivity index (χ1v) is 12.1. The van der Waals surface area contributed by atoms with Crippen LogP contribution in [0.15, 0.2) is 54.6 Å². The number of amides is 1. The van der Waals surface area contributed by atoms with E-state index < -0.39 is 0 Å². The van der Waals surface area contributed by atoms with Crippen molar-refractivity contribution in [1.82, 2.24) is 14.9 Å². The Hall–Kier alpha value is -3.52. The van der Waals surface area contributed by atoms with Crippen molar-refractivity contribution in [2.75, 3.05) is 49.7 Å². The highest BCUT2D eigenvalue weighted by Crippen LogP contribution is 2.30. The van der Waals surface area contributed by atoms with E-state index in [1.54, 1.807) is 12.1 Å². The molecule has 0 spiro atoms. The number of rotatable bonds is 6. The average Bonchev–Trinajstić information content (AvgIpc) is 2.90. The summed E-state index contributed by atoms with van der Waals surface area (Å²) in [5.41, 5.74) is 4.02. The van der Waals surface area contributed by atoms with Gasteiger partial charge in [0.15, 0.2) is 0 Å². The van der Waals surface area contributed by atoms with Crippen LogP contribution in [-0.4, -0.2) is 60.7 Å². The lowest BCUT2D eigenvalue weighted by atomic mass is 10.0. The third-order valence-electron chi connectivity index (χ3n) is 6.56. The molecule has 3 aromatic rings. The van der Waals surface area contributed by atoms with Crippen LogP contribution in [0.1, 0.15) is 22.4 Å². The van der Waals surface area contributed by atoms with Gasteiger partial charge in [0.25, 0.3) is 0 Å². The van der Waals surface area contributed by atoms with Gasteiger partial charge >= 0.3 is 0 Å². The molecule has 0 aliphatic carbocycles. The molecule has 2 aliphatic heterocycles. The zero-order valence-electron chi connectivity index (χ0n) is 20.0. The first-order valence-electron chi connectivity index (χ1n) is 12.1. The van der Waals surface area contributed by atoms with Gasteiger partial charge in [-0.3, -0.25) is 4.79 Å². The summed E-state index contributed by atoms with van der Waals surface area (Å²) in [4.78, 5) is 29.2. The Morgan fingerprint density at radius 3 is 2.49 bits per heavy atom. The average molecular weight is 476 g/mol. The Morgan fingerprint density at radius 2 is 1.74 bits per heavy atom. The molecule has 1 saturated heterocycles. The number of hydrogen-bond donors (Lipinski definition) is 0. The molecular weight excluding hydrogens is 445 g/mol. The molecule has 8 heteroatoms. The fourth-order valence-electron chi connectivity index (χ4n) is 4.62. The molecule has 2 aromatic carbocycles. The van der Waals surface area contributed by atoms with Crippen LogP contribution < -0.4 is 9.80 Å². The van der Waals surface area contributed by atoms with Crippen LogP contribution in [0, 0.1) is 5.82 Å². The van der Waals surface area contributed by atoms with Gasteiger partial charge in [-0.1, -0.05) is 42.5 Å². The zero-order valence-corrected chi connectivity index (χ0v) is 20.0. The number of carbonyl (C=O) groups is 1. The number of nitrogens with zero attached hydrogens (tertiary/aromatic N) is 5. The van der Waals surface area contributed by atoms with Crippen molar-refractivity contribution in [1.29, 1.82) is 0 Å². The predicted octanol–water partition coefficient (Wildman–Crippen LogP) is 3.22. The lowest BCUT2D eigenvalue weighted by Gasteiger charge is -2.35. The van der Waals surface area contributed by atoms with Gasteiger partial charge < -0.3 is 19.4 Å². The minimum absolute atomic E-state index is 0.0282. The Bertz CT molecular complexity index is 1170. The van der Waals surface area contributed by atoms with Crippen molar-refractivity contribution in [3.05, 3.63) is 82.8 Å². The standard InChI is InChI=1S/C27H30FN5O2/c1-31(18-21-5-3-2-4-6-21)27-29-24-11-12-33(25(34)17-20-7-9-22(28)10-8-20)19-23(24)26(30-27)32-13-15-35-16-14-32/h2-10H,11-19H2,1H3. The number of halogens is 1. The lowest BCUT2D eigenvalue weighted by molar-refractivity contribution is -0.131. The normalized spacial score (nSPS) is 15.6.